The van der Waals surface area contributed by atoms with Crippen LogP contribution in [0.2, 0.25) is 0 Å². The van der Waals surface area contributed by atoms with E-state index in [1.54, 1.807) is 11.3 Å². The van der Waals surface area contributed by atoms with Crippen LogP contribution in [0, 0.1) is 0 Å². The number of thiophene rings is 1. The van der Waals surface area contributed by atoms with Gasteiger partial charge in [0.25, 0.3) is 0 Å². The quantitative estimate of drug-likeness (QED) is 0.218. The number of hydrogen-bond donors (Lipinski definition) is 0. The van der Waals surface area contributed by atoms with Gasteiger partial charge < -0.3 is 4.57 Å². The summed E-state index contributed by atoms with van der Waals surface area (Å²) < 4.78 is 4.70. The van der Waals surface area contributed by atoms with Crippen LogP contribution < -0.4 is 0 Å². The largest absolute Gasteiger partial charge is 0.309 e. The zero-order valence-corrected chi connectivity index (χ0v) is 23.3. The molecule has 9 rings (SSSR count). The van der Waals surface area contributed by atoms with Gasteiger partial charge >= 0.3 is 0 Å². The Bertz CT molecular complexity index is 2460. The Labute approximate surface area is 246 Å². The lowest BCUT2D eigenvalue weighted by Gasteiger charge is -2.09. The minimum Gasteiger partial charge on any atom is -0.309 e. The molecule has 3 heterocycles. The molecular formula is C38H23N3S. The van der Waals surface area contributed by atoms with Crippen molar-refractivity contribution < 1.29 is 0 Å². The van der Waals surface area contributed by atoms with Gasteiger partial charge in [-0.15, -0.1) is 11.3 Å². The Morgan fingerprint density at radius 2 is 1.19 bits per heavy atom. The van der Waals surface area contributed by atoms with Crippen LogP contribution in [0.3, 0.4) is 0 Å². The molecule has 0 radical (unpaired) electrons. The van der Waals surface area contributed by atoms with E-state index in [9.17, 15) is 0 Å². The predicted molar refractivity (Wildman–Crippen MR) is 178 cm³/mol. The van der Waals surface area contributed by atoms with Gasteiger partial charge in [-0.3, -0.25) is 0 Å². The maximum atomic E-state index is 5.25. The van der Waals surface area contributed by atoms with Gasteiger partial charge in [-0.25, -0.2) is 9.97 Å². The third-order valence-electron chi connectivity index (χ3n) is 8.17. The van der Waals surface area contributed by atoms with Gasteiger partial charge in [0.1, 0.15) is 0 Å². The number of rotatable bonds is 3. The van der Waals surface area contributed by atoms with Crippen LogP contribution in [0.5, 0.6) is 0 Å². The first-order valence-corrected chi connectivity index (χ1v) is 14.9. The fraction of sp³-hybridized carbons (Fsp3) is 0. The Morgan fingerprint density at radius 3 is 2.02 bits per heavy atom. The summed E-state index contributed by atoms with van der Waals surface area (Å²) in [4.78, 5) is 10.4. The van der Waals surface area contributed by atoms with E-state index in [4.69, 9.17) is 9.97 Å². The second kappa shape index (κ2) is 9.10. The Kier molecular flexibility index (Phi) is 5.07. The van der Waals surface area contributed by atoms with Gasteiger partial charge in [-0.05, 0) is 53.2 Å². The minimum absolute atomic E-state index is 0.748. The zero-order valence-electron chi connectivity index (χ0n) is 22.5. The fourth-order valence-electron chi connectivity index (χ4n) is 6.22. The van der Waals surface area contributed by atoms with Crippen molar-refractivity contribution in [1.82, 2.24) is 14.5 Å². The molecule has 0 aliphatic heterocycles. The van der Waals surface area contributed by atoms with Crippen LogP contribution in [-0.2, 0) is 0 Å². The van der Waals surface area contributed by atoms with E-state index in [1.165, 1.54) is 42.7 Å². The predicted octanol–water partition coefficient (Wildman–Crippen LogP) is 10.4. The van der Waals surface area contributed by atoms with Gasteiger partial charge in [0.2, 0.25) is 0 Å². The number of benzene rings is 6. The third kappa shape index (κ3) is 3.52. The van der Waals surface area contributed by atoms with Crippen LogP contribution in [0.25, 0.3) is 81.2 Å². The van der Waals surface area contributed by atoms with E-state index < -0.39 is 0 Å². The monoisotopic (exact) mass is 553 g/mol. The normalized spacial score (nSPS) is 11.8. The first-order chi connectivity index (χ1) is 20.8. The van der Waals surface area contributed by atoms with Gasteiger partial charge in [0.05, 0.1) is 26.9 Å². The van der Waals surface area contributed by atoms with E-state index >= 15 is 0 Å². The highest BCUT2D eigenvalue weighted by Gasteiger charge is 2.19. The molecule has 3 nitrogen and oxygen atoms in total. The minimum atomic E-state index is 0.748. The van der Waals surface area contributed by atoms with E-state index in [0.717, 1.165) is 38.5 Å². The molecule has 0 bridgehead atoms. The van der Waals surface area contributed by atoms with Gasteiger partial charge in [-0.2, -0.15) is 0 Å². The van der Waals surface area contributed by atoms with E-state index in [0.29, 0.717) is 0 Å². The number of hydrogen-bond acceptors (Lipinski definition) is 3. The molecule has 0 fully saturated rings. The SMILES string of the molecule is c1ccc(-c2nc(-c3ccc4c(c3)c3ccccc3n4-c3ccccc3)c3sc4cc5ccccc5cc4c3n2)cc1. The van der Waals surface area contributed by atoms with Gasteiger partial charge in [-0.1, -0.05) is 97.1 Å². The first-order valence-electron chi connectivity index (χ1n) is 14.1. The lowest BCUT2D eigenvalue weighted by molar-refractivity contribution is 1.18. The molecule has 9 aromatic rings. The molecule has 196 valence electrons. The van der Waals surface area contributed by atoms with Crippen molar-refractivity contribution in [3.05, 3.63) is 140 Å². The van der Waals surface area contributed by atoms with Crippen molar-refractivity contribution in [3.63, 3.8) is 0 Å². The summed E-state index contributed by atoms with van der Waals surface area (Å²) >= 11 is 1.78. The van der Waals surface area contributed by atoms with Crippen molar-refractivity contribution in [3.8, 4) is 28.3 Å². The summed E-state index contributed by atoms with van der Waals surface area (Å²) in [6.07, 6.45) is 0. The molecule has 0 amide bonds. The summed E-state index contributed by atoms with van der Waals surface area (Å²) in [5.41, 5.74) is 7.63. The number of fused-ring (bicyclic) bond motifs is 7. The lowest BCUT2D eigenvalue weighted by atomic mass is 10.0. The van der Waals surface area contributed by atoms with Gasteiger partial charge in [0.15, 0.2) is 5.82 Å². The fourth-order valence-corrected chi connectivity index (χ4v) is 7.40. The van der Waals surface area contributed by atoms with Crippen molar-refractivity contribution in [2.75, 3.05) is 0 Å². The molecule has 0 spiro atoms. The molecule has 42 heavy (non-hydrogen) atoms. The summed E-state index contributed by atoms with van der Waals surface area (Å²) in [6, 6.07) is 49.5. The van der Waals surface area contributed by atoms with Crippen LogP contribution in [-0.4, -0.2) is 14.5 Å². The number of nitrogens with zero attached hydrogens (tertiary/aromatic N) is 3. The molecule has 4 heteroatoms. The topological polar surface area (TPSA) is 30.7 Å². The second-order valence-corrected chi connectivity index (χ2v) is 11.7. The Hall–Kier alpha value is -5.32. The zero-order chi connectivity index (χ0) is 27.6. The van der Waals surface area contributed by atoms with Crippen LogP contribution in [0.1, 0.15) is 0 Å². The molecule has 0 aliphatic rings. The smallest absolute Gasteiger partial charge is 0.160 e. The van der Waals surface area contributed by atoms with E-state index in [1.807, 2.05) is 18.2 Å². The molecule has 3 aromatic heterocycles. The third-order valence-corrected chi connectivity index (χ3v) is 9.32. The summed E-state index contributed by atoms with van der Waals surface area (Å²) in [6.45, 7) is 0. The van der Waals surface area contributed by atoms with Gasteiger partial charge in [0, 0.05) is 37.7 Å². The Morgan fingerprint density at radius 1 is 0.500 bits per heavy atom. The summed E-state index contributed by atoms with van der Waals surface area (Å²) in [5, 5.41) is 6.09. The number of aromatic nitrogens is 3. The van der Waals surface area contributed by atoms with Crippen molar-refractivity contribution >= 4 is 64.2 Å². The highest BCUT2D eigenvalue weighted by molar-refractivity contribution is 7.26. The number of para-hydroxylation sites is 2. The highest BCUT2D eigenvalue weighted by atomic mass is 32.1. The highest BCUT2D eigenvalue weighted by Crippen LogP contribution is 2.42. The maximum absolute atomic E-state index is 5.25. The van der Waals surface area contributed by atoms with Crippen LogP contribution in [0.15, 0.2) is 140 Å². The Balaban J connectivity index is 1.36. The maximum Gasteiger partial charge on any atom is 0.160 e. The van der Waals surface area contributed by atoms with Crippen molar-refractivity contribution in [2.24, 2.45) is 0 Å². The first kappa shape index (κ1) is 23.4. The summed E-state index contributed by atoms with van der Waals surface area (Å²) in [5.74, 6) is 0.748. The van der Waals surface area contributed by atoms with E-state index in [2.05, 4.69) is 126 Å². The van der Waals surface area contributed by atoms with Crippen LogP contribution >= 0.6 is 11.3 Å². The molecular weight excluding hydrogens is 531 g/mol. The standard InChI is InChI=1S/C38H23N3S/c1-3-11-24(12-4-1)38-39-35(37-36(40-38)31-21-25-13-7-8-14-26(25)23-34(31)42-37)27-19-20-33-30(22-27)29-17-9-10-18-32(29)41(33)28-15-5-2-6-16-28/h1-23H. The average Bonchev–Trinajstić information content (AvgIpc) is 3.59. The molecule has 0 N–H and O–H groups in total. The molecule has 0 atom stereocenters. The summed E-state index contributed by atoms with van der Waals surface area (Å²) in [7, 11) is 0. The lowest BCUT2D eigenvalue weighted by Crippen LogP contribution is -1.94. The molecule has 0 unspecified atom stereocenters. The second-order valence-electron chi connectivity index (χ2n) is 10.7. The molecule has 0 saturated carbocycles. The van der Waals surface area contributed by atoms with Crippen molar-refractivity contribution in [1.29, 1.82) is 0 Å². The molecule has 0 aliphatic carbocycles. The average molecular weight is 554 g/mol. The molecule has 6 aromatic carbocycles. The van der Waals surface area contributed by atoms with Crippen molar-refractivity contribution in [2.45, 2.75) is 0 Å². The van der Waals surface area contributed by atoms with E-state index in [-0.39, 0.29) is 0 Å². The van der Waals surface area contributed by atoms with Crippen LogP contribution in [0.4, 0.5) is 0 Å². The molecule has 0 saturated heterocycles.